The number of amides is 1. The maximum atomic E-state index is 11.9. The van der Waals surface area contributed by atoms with E-state index in [1.165, 1.54) is 6.42 Å². The summed E-state index contributed by atoms with van der Waals surface area (Å²) in [7, 11) is 0. The molecule has 1 atom stereocenters. The van der Waals surface area contributed by atoms with E-state index in [1.807, 2.05) is 4.90 Å². The Kier molecular flexibility index (Phi) is 6.27. The van der Waals surface area contributed by atoms with E-state index in [9.17, 15) is 4.79 Å². The molecule has 16 heavy (non-hydrogen) atoms. The zero-order valence-electron chi connectivity index (χ0n) is 10.7. The van der Waals surface area contributed by atoms with Gasteiger partial charge in [0.2, 0.25) is 0 Å². The number of piperidine rings is 1. The Hall–Kier alpha value is -0.730. The Morgan fingerprint density at radius 3 is 2.81 bits per heavy atom. The number of unbranched alkanes of at least 4 members (excludes halogenated alkanes) is 1. The fourth-order valence-corrected chi connectivity index (χ4v) is 2.26. The van der Waals surface area contributed by atoms with Crippen molar-refractivity contribution in [2.45, 2.75) is 64.8 Å². The van der Waals surface area contributed by atoms with Crippen molar-refractivity contribution in [3.8, 4) is 0 Å². The molecule has 0 aromatic carbocycles. The number of ether oxygens (including phenoxy) is 1. The fraction of sp³-hybridized carbons (Fsp3) is 0.923. The predicted octanol–water partition coefficient (Wildman–Crippen LogP) is 3.58. The normalized spacial score (nSPS) is 20.9. The Bertz CT molecular complexity index is 204. The highest BCUT2D eigenvalue weighted by molar-refractivity contribution is 5.68. The van der Waals surface area contributed by atoms with Crippen LogP contribution in [0.15, 0.2) is 0 Å². The van der Waals surface area contributed by atoms with Gasteiger partial charge in [-0.25, -0.2) is 4.79 Å². The maximum absolute atomic E-state index is 11.9. The lowest BCUT2D eigenvalue weighted by Gasteiger charge is -2.34. The number of carbonyl (C=O) groups is 1. The molecule has 1 aliphatic heterocycles. The molecule has 1 saturated heterocycles. The van der Waals surface area contributed by atoms with Gasteiger partial charge in [-0.1, -0.05) is 26.7 Å². The van der Waals surface area contributed by atoms with Crippen LogP contribution in [0.2, 0.25) is 0 Å². The first-order valence-corrected chi connectivity index (χ1v) is 6.73. The summed E-state index contributed by atoms with van der Waals surface area (Å²) in [5.74, 6) is 0. The van der Waals surface area contributed by atoms with E-state index in [0.717, 1.165) is 45.1 Å². The third-order valence-corrected chi connectivity index (χ3v) is 3.21. The van der Waals surface area contributed by atoms with Gasteiger partial charge in [-0.3, -0.25) is 0 Å². The fourth-order valence-electron chi connectivity index (χ4n) is 2.26. The van der Waals surface area contributed by atoms with E-state index in [0.29, 0.717) is 12.6 Å². The van der Waals surface area contributed by atoms with Crippen LogP contribution in [-0.4, -0.2) is 30.2 Å². The molecule has 1 rings (SSSR count). The van der Waals surface area contributed by atoms with Gasteiger partial charge in [-0.2, -0.15) is 0 Å². The van der Waals surface area contributed by atoms with Gasteiger partial charge in [0, 0.05) is 12.6 Å². The number of nitrogens with zero attached hydrogens (tertiary/aromatic N) is 1. The van der Waals surface area contributed by atoms with Crippen molar-refractivity contribution >= 4 is 6.09 Å². The average molecular weight is 227 g/mol. The summed E-state index contributed by atoms with van der Waals surface area (Å²) in [6.07, 6.45) is 7.74. The van der Waals surface area contributed by atoms with Gasteiger partial charge in [-0.15, -0.1) is 0 Å². The third kappa shape index (κ3) is 4.03. The minimum Gasteiger partial charge on any atom is -0.449 e. The second-order valence-corrected chi connectivity index (χ2v) is 4.60. The van der Waals surface area contributed by atoms with E-state index in [4.69, 9.17) is 4.74 Å². The molecule has 0 aromatic rings. The minimum atomic E-state index is -0.0911. The summed E-state index contributed by atoms with van der Waals surface area (Å²) in [5, 5.41) is 0. The molecule has 1 amide bonds. The molecule has 0 radical (unpaired) electrons. The molecule has 0 unspecified atom stereocenters. The molecule has 0 bridgehead atoms. The van der Waals surface area contributed by atoms with Crippen LogP contribution in [0.4, 0.5) is 4.79 Å². The molecular formula is C13H25NO2. The summed E-state index contributed by atoms with van der Waals surface area (Å²) < 4.78 is 5.29. The van der Waals surface area contributed by atoms with E-state index < -0.39 is 0 Å². The second-order valence-electron chi connectivity index (χ2n) is 4.60. The highest BCUT2D eigenvalue weighted by Crippen LogP contribution is 2.21. The molecule has 3 nitrogen and oxygen atoms in total. The van der Waals surface area contributed by atoms with E-state index in [1.54, 1.807) is 0 Å². The van der Waals surface area contributed by atoms with E-state index in [2.05, 4.69) is 13.8 Å². The van der Waals surface area contributed by atoms with Crippen molar-refractivity contribution in [1.29, 1.82) is 0 Å². The lowest BCUT2D eigenvalue weighted by molar-refractivity contribution is 0.0699. The van der Waals surface area contributed by atoms with Gasteiger partial charge in [0.25, 0.3) is 0 Å². The van der Waals surface area contributed by atoms with Gasteiger partial charge in [0.1, 0.15) is 0 Å². The lowest BCUT2D eigenvalue weighted by Crippen LogP contribution is -2.44. The second kappa shape index (κ2) is 7.53. The molecule has 3 heteroatoms. The van der Waals surface area contributed by atoms with Crippen LogP contribution >= 0.6 is 0 Å². The first-order chi connectivity index (χ1) is 7.79. The molecule has 0 aromatic heterocycles. The summed E-state index contributed by atoms with van der Waals surface area (Å²) in [4.78, 5) is 13.8. The topological polar surface area (TPSA) is 29.5 Å². The average Bonchev–Trinajstić information content (AvgIpc) is 2.30. The Labute approximate surface area is 99.1 Å². The van der Waals surface area contributed by atoms with Gasteiger partial charge in [0.15, 0.2) is 0 Å². The van der Waals surface area contributed by atoms with Crippen molar-refractivity contribution < 1.29 is 9.53 Å². The largest absolute Gasteiger partial charge is 0.449 e. The summed E-state index contributed by atoms with van der Waals surface area (Å²) in [5.41, 5.74) is 0. The van der Waals surface area contributed by atoms with Crippen LogP contribution < -0.4 is 0 Å². The van der Waals surface area contributed by atoms with Crippen LogP contribution in [0.3, 0.4) is 0 Å². The molecule has 1 fully saturated rings. The zero-order chi connectivity index (χ0) is 11.8. The molecular weight excluding hydrogens is 202 g/mol. The van der Waals surface area contributed by atoms with Crippen LogP contribution in [0.25, 0.3) is 0 Å². The summed E-state index contributed by atoms with van der Waals surface area (Å²) >= 11 is 0. The zero-order valence-corrected chi connectivity index (χ0v) is 10.7. The SMILES string of the molecule is CCCCOC(=O)N1CCCC[C@H]1CCC. The van der Waals surface area contributed by atoms with E-state index >= 15 is 0 Å². The Morgan fingerprint density at radius 1 is 1.31 bits per heavy atom. The highest BCUT2D eigenvalue weighted by Gasteiger charge is 2.26. The van der Waals surface area contributed by atoms with Gasteiger partial charge < -0.3 is 9.64 Å². The number of rotatable bonds is 5. The quantitative estimate of drug-likeness (QED) is 0.672. The Morgan fingerprint density at radius 2 is 2.12 bits per heavy atom. The number of carbonyl (C=O) groups excluding carboxylic acids is 1. The van der Waals surface area contributed by atoms with Gasteiger partial charge >= 0.3 is 6.09 Å². The molecule has 0 N–H and O–H groups in total. The van der Waals surface area contributed by atoms with Gasteiger partial charge in [0.05, 0.1) is 6.61 Å². The molecule has 0 saturated carbocycles. The Balaban J connectivity index is 2.37. The molecule has 0 spiro atoms. The lowest BCUT2D eigenvalue weighted by atomic mass is 9.99. The van der Waals surface area contributed by atoms with Crippen LogP contribution in [0.1, 0.15) is 58.8 Å². The van der Waals surface area contributed by atoms with Crippen molar-refractivity contribution in [2.24, 2.45) is 0 Å². The predicted molar refractivity (Wildman–Crippen MR) is 65.5 cm³/mol. The molecule has 1 aliphatic rings. The minimum absolute atomic E-state index is 0.0911. The van der Waals surface area contributed by atoms with Crippen molar-refractivity contribution in [3.05, 3.63) is 0 Å². The van der Waals surface area contributed by atoms with Crippen molar-refractivity contribution in [2.75, 3.05) is 13.2 Å². The highest BCUT2D eigenvalue weighted by atomic mass is 16.6. The summed E-state index contributed by atoms with van der Waals surface area (Å²) in [6.45, 7) is 5.74. The first kappa shape index (κ1) is 13.3. The van der Waals surface area contributed by atoms with Crippen LogP contribution in [0, 0.1) is 0 Å². The smallest absolute Gasteiger partial charge is 0.410 e. The third-order valence-electron chi connectivity index (χ3n) is 3.21. The molecule has 1 heterocycles. The summed E-state index contributed by atoms with van der Waals surface area (Å²) in [6, 6.07) is 0.424. The molecule has 94 valence electrons. The van der Waals surface area contributed by atoms with Gasteiger partial charge in [-0.05, 0) is 32.1 Å². The molecule has 0 aliphatic carbocycles. The van der Waals surface area contributed by atoms with Crippen molar-refractivity contribution in [3.63, 3.8) is 0 Å². The monoisotopic (exact) mass is 227 g/mol. The van der Waals surface area contributed by atoms with Crippen LogP contribution in [0.5, 0.6) is 0 Å². The standard InChI is InChI=1S/C13H25NO2/c1-3-5-11-16-13(15)14-10-7-6-9-12(14)8-4-2/h12H,3-11H2,1-2H3/t12-/m1/s1. The maximum Gasteiger partial charge on any atom is 0.410 e. The number of hydrogen-bond acceptors (Lipinski definition) is 2. The first-order valence-electron chi connectivity index (χ1n) is 6.73. The van der Waals surface area contributed by atoms with Crippen molar-refractivity contribution in [1.82, 2.24) is 4.90 Å². The number of likely N-dealkylation sites (tertiary alicyclic amines) is 1. The van der Waals surface area contributed by atoms with Crippen LogP contribution in [-0.2, 0) is 4.74 Å². The van der Waals surface area contributed by atoms with E-state index in [-0.39, 0.29) is 6.09 Å². The number of hydrogen-bond donors (Lipinski definition) is 0.